The average molecular weight is 279 g/mol. The Hall–Kier alpha value is -1.13. The number of ether oxygens (including phenoxy) is 2. The molecule has 2 aliphatic rings. The molecule has 0 bridgehead atoms. The molecule has 0 saturated carbocycles. The van der Waals surface area contributed by atoms with Crippen LogP contribution in [-0.2, 0) is 4.74 Å². The summed E-state index contributed by atoms with van der Waals surface area (Å²) in [5, 5.41) is 0. The first-order chi connectivity index (χ1) is 9.62. The van der Waals surface area contributed by atoms with E-state index in [0.717, 1.165) is 37.7 Å². The van der Waals surface area contributed by atoms with Crippen LogP contribution in [0.1, 0.15) is 50.6 Å². The van der Waals surface area contributed by atoms with Gasteiger partial charge in [0.1, 0.15) is 17.2 Å². The quantitative estimate of drug-likeness (QED) is 0.903. The molecule has 1 aromatic carbocycles. The second-order valence-electron chi connectivity index (χ2n) is 6.01. The Kier molecular flexibility index (Phi) is 3.69. The summed E-state index contributed by atoms with van der Waals surface area (Å²) in [5.41, 5.74) is 6.91. The first-order valence-corrected chi connectivity index (χ1v) is 7.47. The van der Waals surface area contributed by atoms with E-state index in [2.05, 4.69) is 6.92 Å². The van der Waals surface area contributed by atoms with E-state index in [4.69, 9.17) is 15.2 Å². The standard InChI is InChI=1S/C16H22FNO2/c1-2-3-12-9-16(6-7-19-12)10-14(18)13-5-4-11(17)8-15(13)20-16/h4-5,8,12,14H,2-3,6-7,9-10,18H2,1H3/t12?,14-,16?/m1/s1. The molecule has 2 aliphatic heterocycles. The highest BCUT2D eigenvalue weighted by atomic mass is 19.1. The summed E-state index contributed by atoms with van der Waals surface area (Å²) in [6.07, 6.45) is 4.83. The highest BCUT2D eigenvalue weighted by Crippen LogP contribution is 2.44. The lowest BCUT2D eigenvalue weighted by atomic mass is 9.79. The fourth-order valence-electron chi connectivity index (χ4n) is 3.46. The minimum atomic E-state index is -0.279. The third-order valence-corrected chi connectivity index (χ3v) is 4.42. The number of fused-ring (bicyclic) bond motifs is 1. The van der Waals surface area contributed by atoms with Gasteiger partial charge in [-0.15, -0.1) is 0 Å². The molecule has 20 heavy (non-hydrogen) atoms. The second-order valence-corrected chi connectivity index (χ2v) is 6.01. The number of hydrogen-bond acceptors (Lipinski definition) is 3. The molecule has 0 aliphatic carbocycles. The van der Waals surface area contributed by atoms with Gasteiger partial charge < -0.3 is 15.2 Å². The largest absolute Gasteiger partial charge is 0.487 e. The van der Waals surface area contributed by atoms with Gasteiger partial charge in [0.15, 0.2) is 0 Å². The molecule has 3 rings (SSSR count). The summed E-state index contributed by atoms with van der Waals surface area (Å²) in [5.74, 6) is 0.339. The Bertz CT molecular complexity index is 491. The molecule has 4 heteroatoms. The molecule has 1 aromatic rings. The topological polar surface area (TPSA) is 44.5 Å². The SMILES string of the molecule is CCCC1CC2(CCO1)C[C@@H](N)c1ccc(F)cc1O2. The van der Waals surface area contributed by atoms with Crippen molar-refractivity contribution in [3.05, 3.63) is 29.6 Å². The molecule has 110 valence electrons. The zero-order chi connectivity index (χ0) is 14.2. The monoisotopic (exact) mass is 279 g/mol. The Morgan fingerprint density at radius 3 is 3.05 bits per heavy atom. The normalized spacial score (nSPS) is 32.8. The minimum absolute atomic E-state index is 0.0836. The Labute approximate surface area is 119 Å². The van der Waals surface area contributed by atoms with E-state index < -0.39 is 0 Å². The van der Waals surface area contributed by atoms with Gasteiger partial charge in [0.05, 0.1) is 12.7 Å². The van der Waals surface area contributed by atoms with Crippen LogP contribution < -0.4 is 10.5 Å². The van der Waals surface area contributed by atoms with E-state index >= 15 is 0 Å². The molecule has 0 radical (unpaired) electrons. The van der Waals surface area contributed by atoms with Crippen molar-refractivity contribution in [2.24, 2.45) is 5.73 Å². The van der Waals surface area contributed by atoms with Gasteiger partial charge in [0, 0.05) is 36.9 Å². The molecule has 1 spiro atoms. The van der Waals surface area contributed by atoms with Gasteiger partial charge in [-0.2, -0.15) is 0 Å². The third kappa shape index (κ3) is 2.54. The van der Waals surface area contributed by atoms with Gasteiger partial charge in [-0.3, -0.25) is 0 Å². The maximum Gasteiger partial charge on any atom is 0.127 e. The second kappa shape index (κ2) is 5.34. The molecule has 1 saturated heterocycles. The molecule has 3 atom stereocenters. The summed E-state index contributed by atoms with van der Waals surface area (Å²) in [6, 6.07) is 4.56. The van der Waals surface area contributed by atoms with Crippen LogP contribution >= 0.6 is 0 Å². The lowest BCUT2D eigenvalue weighted by Crippen LogP contribution is -2.49. The fourth-order valence-corrected chi connectivity index (χ4v) is 3.46. The van der Waals surface area contributed by atoms with Gasteiger partial charge in [-0.1, -0.05) is 19.4 Å². The van der Waals surface area contributed by atoms with Gasteiger partial charge in [-0.05, 0) is 12.5 Å². The maximum atomic E-state index is 13.4. The predicted octanol–water partition coefficient (Wildman–Crippen LogP) is 3.33. The highest BCUT2D eigenvalue weighted by Gasteiger charge is 2.43. The van der Waals surface area contributed by atoms with Crippen LogP contribution in [0.4, 0.5) is 4.39 Å². The number of rotatable bonds is 2. The van der Waals surface area contributed by atoms with Crippen LogP contribution in [-0.4, -0.2) is 18.3 Å². The summed E-state index contributed by atoms with van der Waals surface area (Å²) in [7, 11) is 0. The van der Waals surface area contributed by atoms with Crippen molar-refractivity contribution in [3.8, 4) is 5.75 Å². The highest BCUT2D eigenvalue weighted by molar-refractivity contribution is 5.39. The lowest BCUT2D eigenvalue weighted by molar-refractivity contribution is -0.103. The summed E-state index contributed by atoms with van der Waals surface area (Å²) in [6.45, 7) is 2.85. The molecule has 3 nitrogen and oxygen atoms in total. The van der Waals surface area contributed by atoms with Crippen molar-refractivity contribution in [1.82, 2.24) is 0 Å². The third-order valence-electron chi connectivity index (χ3n) is 4.42. The first kappa shape index (κ1) is 13.8. The van der Waals surface area contributed by atoms with Crippen LogP contribution in [0.15, 0.2) is 18.2 Å². The lowest BCUT2D eigenvalue weighted by Gasteiger charge is -2.45. The van der Waals surface area contributed by atoms with Crippen molar-refractivity contribution < 1.29 is 13.9 Å². The molecule has 0 aromatic heterocycles. The molecular weight excluding hydrogens is 257 g/mol. The maximum absolute atomic E-state index is 13.4. The average Bonchev–Trinajstić information content (AvgIpc) is 2.38. The summed E-state index contributed by atoms with van der Waals surface area (Å²) < 4.78 is 25.4. The molecule has 2 unspecified atom stereocenters. The van der Waals surface area contributed by atoms with Crippen molar-refractivity contribution in [1.29, 1.82) is 0 Å². The van der Waals surface area contributed by atoms with E-state index in [9.17, 15) is 4.39 Å². The van der Waals surface area contributed by atoms with Gasteiger partial charge >= 0.3 is 0 Å². The van der Waals surface area contributed by atoms with Gasteiger partial charge in [0.25, 0.3) is 0 Å². The molecule has 2 heterocycles. The van der Waals surface area contributed by atoms with Crippen LogP contribution in [0.25, 0.3) is 0 Å². The Balaban J connectivity index is 1.85. The van der Waals surface area contributed by atoms with Crippen molar-refractivity contribution in [2.45, 2.75) is 56.8 Å². The molecule has 1 fully saturated rings. The van der Waals surface area contributed by atoms with Crippen LogP contribution in [0.3, 0.4) is 0 Å². The smallest absolute Gasteiger partial charge is 0.127 e. The van der Waals surface area contributed by atoms with E-state index in [0.29, 0.717) is 12.4 Å². The first-order valence-electron chi connectivity index (χ1n) is 7.47. The predicted molar refractivity (Wildman–Crippen MR) is 75.2 cm³/mol. The molecular formula is C16H22FNO2. The van der Waals surface area contributed by atoms with Crippen LogP contribution in [0.2, 0.25) is 0 Å². The van der Waals surface area contributed by atoms with Gasteiger partial charge in [0.2, 0.25) is 0 Å². The van der Waals surface area contributed by atoms with Gasteiger partial charge in [-0.25, -0.2) is 4.39 Å². The summed E-state index contributed by atoms with van der Waals surface area (Å²) in [4.78, 5) is 0. The minimum Gasteiger partial charge on any atom is -0.487 e. The number of halogens is 1. The summed E-state index contributed by atoms with van der Waals surface area (Å²) >= 11 is 0. The zero-order valence-corrected chi connectivity index (χ0v) is 11.9. The van der Waals surface area contributed by atoms with Crippen LogP contribution in [0, 0.1) is 5.82 Å². The Morgan fingerprint density at radius 1 is 1.40 bits per heavy atom. The zero-order valence-electron chi connectivity index (χ0n) is 11.9. The number of benzene rings is 1. The van der Waals surface area contributed by atoms with E-state index in [1.807, 2.05) is 0 Å². The van der Waals surface area contributed by atoms with Crippen LogP contribution in [0.5, 0.6) is 5.75 Å². The number of hydrogen-bond donors (Lipinski definition) is 1. The molecule has 2 N–H and O–H groups in total. The van der Waals surface area contributed by atoms with Crippen molar-refractivity contribution in [2.75, 3.05) is 6.61 Å². The van der Waals surface area contributed by atoms with Crippen molar-refractivity contribution in [3.63, 3.8) is 0 Å². The molecule has 0 amide bonds. The van der Waals surface area contributed by atoms with E-state index in [1.165, 1.54) is 12.1 Å². The fraction of sp³-hybridized carbons (Fsp3) is 0.625. The van der Waals surface area contributed by atoms with E-state index in [1.54, 1.807) is 6.07 Å². The Morgan fingerprint density at radius 2 is 2.25 bits per heavy atom. The number of nitrogens with two attached hydrogens (primary N) is 1. The van der Waals surface area contributed by atoms with E-state index in [-0.39, 0.29) is 23.6 Å². The van der Waals surface area contributed by atoms with Crippen molar-refractivity contribution >= 4 is 0 Å².